The van der Waals surface area contributed by atoms with Gasteiger partial charge in [-0.2, -0.15) is 0 Å². The van der Waals surface area contributed by atoms with Crippen LogP contribution in [0.1, 0.15) is 42.7 Å². The zero-order chi connectivity index (χ0) is 19.3. The summed E-state index contributed by atoms with van der Waals surface area (Å²) in [5.74, 6) is 0.640. The zero-order valence-corrected chi connectivity index (χ0v) is 17.0. The number of Topliss-reactive ketones (excluding diaryl/α,β-unsaturated/α-hetero) is 1. The minimum atomic E-state index is -0.285. The molecule has 138 valence electrons. The number of benzene rings is 2. The highest BCUT2D eigenvalue weighted by atomic mass is 79.9. The van der Waals surface area contributed by atoms with Gasteiger partial charge in [-0.1, -0.05) is 12.1 Å². The first-order valence-electron chi connectivity index (χ1n) is 8.42. The van der Waals surface area contributed by atoms with Gasteiger partial charge in [-0.25, -0.2) is 0 Å². The molecular formula is C20H24BrN2O3+. The lowest BCUT2D eigenvalue weighted by Crippen LogP contribution is -2.91. The quantitative estimate of drug-likeness (QED) is 0.676. The molecule has 0 aliphatic carbocycles. The van der Waals surface area contributed by atoms with Crippen molar-refractivity contribution in [3.8, 4) is 5.75 Å². The third-order valence-corrected chi connectivity index (χ3v) is 4.85. The van der Waals surface area contributed by atoms with Gasteiger partial charge in [0.05, 0.1) is 11.6 Å². The van der Waals surface area contributed by atoms with Gasteiger partial charge in [0.2, 0.25) is 0 Å². The van der Waals surface area contributed by atoms with Gasteiger partial charge in [0.1, 0.15) is 11.8 Å². The van der Waals surface area contributed by atoms with Gasteiger partial charge in [-0.3, -0.25) is 9.59 Å². The van der Waals surface area contributed by atoms with Gasteiger partial charge in [-0.15, -0.1) is 0 Å². The Balaban J connectivity index is 2.01. The lowest BCUT2D eigenvalue weighted by molar-refractivity contribution is -0.709. The fraction of sp³-hybridized carbons (Fsp3) is 0.300. The lowest BCUT2D eigenvalue weighted by Gasteiger charge is -2.18. The van der Waals surface area contributed by atoms with Gasteiger partial charge in [0.15, 0.2) is 11.8 Å². The van der Waals surface area contributed by atoms with Gasteiger partial charge < -0.3 is 15.4 Å². The summed E-state index contributed by atoms with van der Waals surface area (Å²) in [7, 11) is 1.63. The van der Waals surface area contributed by atoms with Crippen LogP contribution in [-0.2, 0) is 4.79 Å². The Bertz CT molecular complexity index is 807. The first kappa shape index (κ1) is 20.1. The number of carbonyl (C=O) groups excluding carboxylic acids is 2. The van der Waals surface area contributed by atoms with Crippen molar-refractivity contribution < 1.29 is 19.6 Å². The fourth-order valence-corrected chi connectivity index (χ4v) is 3.23. The van der Waals surface area contributed by atoms with E-state index >= 15 is 0 Å². The van der Waals surface area contributed by atoms with Crippen LogP contribution in [0.15, 0.2) is 46.9 Å². The molecule has 0 radical (unpaired) electrons. The van der Waals surface area contributed by atoms with E-state index in [0.717, 1.165) is 15.8 Å². The molecule has 2 aromatic rings. The zero-order valence-electron chi connectivity index (χ0n) is 15.4. The third kappa shape index (κ3) is 5.16. The SMILES string of the molecule is COc1ccc([C@H](C)[NH2+][C@H](C)C(=O)Nc2cccc(C(C)=O)c2)cc1Br. The molecule has 0 aliphatic heterocycles. The number of hydrogen-bond acceptors (Lipinski definition) is 3. The first-order chi connectivity index (χ1) is 12.3. The largest absolute Gasteiger partial charge is 0.496 e. The Kier molecular flexibility index (Phi) is 6.94. The molecule has 0 spiro atoms. The summed E-state index contributed by atoms with van der Waals surface area (Å²) in [6.45, 7) is 5.42. The molecule has 3 N–H and O–H groups in total. The van der Waals surface area contributed by atoms with E-state index in [4.69, 9.17) is 4.74 Å². The molecule has 1 amide bonds. The third-order valence-electron chi connectivity index (χ3n) is 4.23. The summed E-state index contributed by atoms with van der Waals surface area (Å²) >= 11 is 3.49. The summed E-state index contributed by atoms with van der Waals surface area (Å²) in [4.78, 5) is 23.9. The van der Waals surface area contributed by atoms with E-state index in [0.29, 0.717) is 11.3 Å². The second kappa shape index (κ2) is 8.96. The van der Waals surface area contributed by atoms with Crippen LogP contribution in [0, 0.1) is 0 Å². The summed E-state index contributed by atoms with van der Waals surface area (Å²) in [6, 6.07) is 12.7. The molecule has 0 aliphatic rings. The van der Waals surface area contributed by atoms with E-state index in [1.165, 1.54) is 6.92 Å². The molecule has 0 fully saturated rings. The molecule has 0 aromatic heterocycles. The molecule has 2 atom stereocenters. The molecule has 0 bridgehead atoms. The van der Waals surface area contributed by atoms with Gasteiger partial charge >= 0.3 is 0 Å². The molecule has 0 unspecified atom stereocenters. The van der Waals surface area contributed by atoms with E-state index in [2.05, 4.69) is 28.2 Å². The highest BCUT2D eigenvalue weighted by Crippen LogP contribution is 2.27. The van der Waals surface area contributed by atoms with E-state index < -0.39 is 0 Å². The van der Waals surface area contributed by atoms with Crippen LogP contribution in [-0.4, -0.2) is 24.8 Å². The summed E-state index contributed by atoms with van der Waals surface area (Å²) in [5, 5.41) is 4.87. The van der Waals surface area contributed by atoms with Crippen molar-refractivity contribution in [1.29, 1.82) is 0 Å². The Hall–Kier alpha value is -2.18. The second-order valence-corrected chi connectivity index (χ2v) is 7.14. The maximum Gasteiger partial charge on any atom is 0.282 e. The van der Waals surface area contributed by atoms with Crippen molar-refractivity contribution in [1.82, 2.24) is 0 Å². The molecule has 2 aromatic carbocycles. The van der Waals surface area contributed by atoms with Crippen molar-refractivity contribution in [2.75, 3.05) is 12.4 Å². The maximum absolute atomic E-state index is 12.5. The second-order valence-electron chi connectivity index (χ2n) is 6.29. The number of rotatable bonds is 7. The van der Waals surface area contributed by atoms with E-state index in [-0.39, 0.29) is 23.8 Å². The maximum atomic E-state index is 12.5. The van der Waals surface area contributed by atoms with Gasteiger partial charge in [0.25, 0.3) is 5.91 Å². The van der Waals surface area contributed by atoms with E-state index in [9.17, 15) is 9.59 Å². The number of ether oxygens (including phenoxy) is 1. The Morgan fingerprint density at radius 3 is 2.50 bits per heavy atom. The molecule has 5 nitrogen and oxygen atoms in total. The highest BCUT2D eigenvalue weighted by molar-refractivity contribution is 9.10. The van der Waals surface area contributed by atoms with Crippen molar-refractivity contribution in [3.05, 3.63) is 58.1 Å². The van der Waals surface area contributed by atoms with Crippen LogP contribution in [0.2, 0.25) is 0 Å². The number of hydrogen-bond donors (Lipinski definition) is 2. The standard InChI is InChI=1S/C20H23BrN2O3/c1-12(15-8-9-19(26-4)18(21)11-15)22-13(2)20(25)23-17-7-5-6-16(10-17)14(3)24/h5-13,22H,1-4H3,(H,23,25)/p+1/t12-,13+/m0/s1. The van der Waals surface area contributed by atoms with E-state index in [1.54, 1.807) is 31.4 Å². The number of halogens is 1. The highest BCUT2D eigenvalue weighted by Gasteiger charge is 2.21. The number of carbonyl (C=O) groups is 2. The van der Waals surface area contributed by atoms with Crippen LogP contribution < -0.4 is 15.4 Å². The fourth-order valence-electron chi connectivity index (χ4n) is 2.67. The smallest absolute Gasteiger partial charge is 0.282 e. The number of anilines is 1. The predicted octanol–water partition coefficient (Wildman–Crippen LogP) is 3.31. The van der Waals surface area contributed by atoms with Crippen LogP contribution >= 0.6 is 15.9 Å². The van der Waals surface area contributed by atoms with Crippen molar-refractivity contribution in [2.24, 2.45) is 0 Å². The molecule has 0 saturated carbocycles. The van der Waals surface area contributed by atoms with Crippen LogP contribution in [0.3, 0.4) is 0 Å². The van der Waals surface area contributed by atoms with E-state index in [1.807, 2.05) is 30.4 Å². The van der Waals surface area contributed by atoms with Gasteiger partial charge in [0, 0.05) is 16.8 Å². The monoisotopic (exact) mass is 419 g/mol. The Morgan fingerprint density at radius 1 is 1.15 bits per heavy atom. The minimum Gasteiger partial charge on any atom is -0.496 e. The summed E-state index contributed by atoms with van der Waals surface area (Å²) < 4.78 is 6.13. The molecule has 2 rings (SSSR count). The topological polar surface area (TPSA) is 72.0 Å². The number of quaternary nitrogens is 1. The van der Waals surface area contributed by atoms with Crippen molar-refractivity contribution in [3.63, 3.8) is 0 Å². The Morgan fingerprint density at radius 2 is 1.88 bits per heavy atom. The molecule has 26 heavy (non-hydrogen) atoms. The number of ketones is 1. The van der Waals surface area contributed by atoms with Crippen LogP contribution in [0.25, 0.3) is 0 Å². The molecule has 6 heteroatoms. The van der Waals surface area contributed by atoms with Crippen LogP contribution in [0.4, 0.5) is 5.69 Å². The molecular weight excluding hydrogens is 396 g/mol. The number of amides is 1. The average molecular weight is 420 g/mol. The molecule has 0 saturated heterocycles. The minimum absolute atomic E-state index is 0.0283. The number of nitrogens with two attached hydrogens (primary N) is 1. The van der Waals surface area contributed by atoms with Crippen molar-refractivity contribution in [2.45, 2.75) is 32.9 Å². The Labute approximate surface area is 162 Å². The summed E-state index contributed by atoms with van der Waals surface area (Å²) in [5.41, 5.74) is 2.30. The van der Waals surface area contributed by atoms with Gasteiger partial charge in [-0.05, 0) is 67.0 Å². The summed E-state index contributed by atoms with van der Waals surface area (Å²) in [6.07, 6.45) is 0. The number of methoxy groups -OCH3 is 1. The normalized spacial score (nSPS) is 13.0. The average Bonchev–Trinajstić information content (AvgIpc) is 2.61. The predicted molar refractivity (Wildman–Crippen MR) is 106 cm³/mol. The lowest BCUT2D eigenvalue weighted by atomic mass is 10.1. The van der Waals surface area contributed by atoms with Crippen LogP contribution in [0.5, 0.6) is 5.75 Å². The first-order valence-corrected chi connectivity index (χ1v) is 9.21. The molecule has 0 heterocycles. The number of nitrogens with one attached hydrogen (secondary N) is 1. The van der Waals surface area contributed by atoms with Crippen molar-refractivity contribution >= 4 is 33.3 Å².